The molecule has 0 aliphatic heterocycles. The van der Waals surface area contributed by atoms with Crippen LogP contribution >= 0.6 is 28.3 Å². The zero-order valence-corrected chi connectivity index (χ0v) is 13.4. The molecule has 0 radical (unpaired) electrons. The molecule has 1 spiro atoms. The van der Waals surface area contributed by atoms with Crippen molar-refractivity contribution in [3.63, 3.8) is 0 Å². The molecule has 0 atom stereocenters. The van der Waals surface area contributed by atoms with Crippen LogP contribution in [0.2, 0.25) is 0 Å². The molecule has 19 heavy (non-hydrogen) atoms. The number of hydrogen-bond donors (Lipinski definition) is 1. The largest absolute Gasteiger partial charge is 0.381 e. The molecule has 1 N–H and O–H groups in total. The van der Waals surface area contributed by atoms with E-state index in [1.54, 1.807) is 7.11 Å². The molecule has 1 saturated carbocycles. The molecule has 3 rings (SSSR count). The van der Waals surface area contributed by atoms with Gasteiger partial charge in [-0.05, 0) is 49.8 Å². The third-order valence-corrected chi connectivity index (χ3v) is 5.12. The molecule has 1 fully saturated rings. The highest BCUT2D eigenvalue weighted by molar-refractivity contribution is 9.10. The van der Waals surface area contributed by atoms with Crippen molar-refractivity contribution in [1.82, 2.24) is 0 Å². The van der Waals surface area contributed by atoms with Crippen molar-refractivity contribution in [3.05, 3.63) is 33.8 Å². The zero-order chi connectivity index (χ0) is 12.8. The lowest BCUT2D eigenvalue weighted by Gasteiger charge is -2.36. The first-order chi connectivity index (χ1) is 8.64. The summed E-state index contributed by atoms with van der Waals surface area (Å²) in [6.07, 6.45) is 5.82. The maximum atomic E-state index is 8.53. The molecule has 2 aliphatic carbocycles. The van der Waals surface area contributed by atoms with Crippen molar-refractivity contribution >= 4 is 34.0 Å². The van der Waals surface area contributed by atoms with E-state index in [0.717, 1.165) is 47.9 Å². The first-order valence-electron chi connectivity index (χ1n) is 6.55. The summed E-state index contributed by atoms with van der Waals surface area (Å²) in [7, 11) is 1.80. The number of methoxy groups -OCH3 is 1. The Hall–Kier alpha value is -0.380. The maximum Gasteiger partial charge on any atom is 0.0572 e. The summed E-state index contributed by atoms with van der Waals surface area (Å²) in [6, 6.07) is 6.37. The molecule has 0 bridgehead atoms. The second kappa shape index (κ2) is 5.55. The highest BCUT2D eigenvalue weighted by Crippen LogP contribution is 2.47. The van der Waals surface area contributed by atoms with E-state index in [0.29, 0.717) is 6.10 Å². The summed E-state index contributed by atoms with van der Waals surface area (Å²) < 4.78 is 6.52. The normalized spacial score (nSPS) is 29.2. The Labute approximate surface area is 129 Å². The van der Waals surface area contributed by atoms with Gasteiger partial charge in [0.25, 0.3) is 0 Å². The van der Waals surface area contributed by atoms with E-state index >= 15 is 0 Å². The molecule has 104 valence electrons. The van der Waals surface area contributed by atoms with E-state index in [1.807, 2.05) is 0 Å². The van der Waals surface area contributed by atoms with Crippen molar-refractivity contribution in [3.8, 4) is 0 Å². The first kappa shape index (κ1) is 15.0. The third kappa shape index (κ3) is 2.48. The minimum absolute atomic E-state index is 0. The van der Waals surface area contributed by atoms with Gasteiger partial charge in [0, 0.05) is 28.3 Å². The average Bonchev–Trinajstić information content (AvgIpc) is 2.65. The van der Waals surface area contributed by atoms with E-state index in [9.17, 15) is 0 Å². The summed E-state index contributed by atoms with van der Waals surface area (Å²) in [5, 5.41) is 8.53. The van der Waals surface area contributed by atoms with Gasteiger partial charge in [-0.1, -0.05) is 22.0 Å². The van der Waals surface area contributed by atoms with Gasteiger partial charge in [-0.25, -0.2) is 0 Å². The monoisotopic (exact) mass is 343 g/mol. The second-order valence-corrected chi connectivity index (χ2v) is 6.48. The van der Waals surface area contributed by atoms with Crippen LogP contribution in [0, 0.1) is 10.8 Å². The van der Waals surface area contributed by atoms with Crippen LogP contribution in [-0.2, 0) is 11.2 Å². The Morgan fingerprint density at radius 2 is 2.00 bits per heavy atom. The van der Waals surface area contributed by atoms with Crippen LogP contribution < -0.4 is 0 Å². The van der Waals surface area contributed by atoms with Crippen LogP contribution in [0.3, 0.4) is 0 Å². The van der Waals surface area contributed by atoms with Gasteiger partial charge in [-0.15, -0.1) is 12.4 Å². The van der Waals surface area contributed by atoms with Crippen LogP contribution in [0.1, 0.15) is 36.8 Å². The lowest BCUT2D eigenvalue weighted by molar-refractivity contribution is 0.0467. The maximum absolute atomic E-state index is 8.53. The number of halogens is 2. The summed E-state index contributed by atoms with van der Waals surface area (Å²) in [5.41, 5.74) is 3.45. The molecule has 0 saturated heterocycles. The highest BCUT2D eigenvalue weighted by Gasteiger charge is 2.44. The van der Waals surface area contributed by atoms with Crippen molar-refractivity contribution in [1.29, 1.82) is 5.41 Å². The minimum atomic E-state index is 0. The fourth-order valence-corrected chi connectivity index (χ4v) is 3.84. The van der Waals surface area contributed by atoms with Crippen molar-refractivity contribution in [2.45, 2.75) is 38.2 Å². The summed E-state index contributed by atoms with van der Waals surface area (Å²) >= 11 is 3.51. The molecule has 0 unspecified atom stereocenters. The van der Waals surface area contributed by atoms with Gasteiger partial charge in [-0.3, -0.25) is 0 Å². The molecule has 2 aliphatic rings. The average molecular weight is 345 g/mol. The Morgan fingerprint density at radius 3 is 2.63 bits per heavy atom. The predicted molar refractivity (Wildman–Crippen MR) is 83.6 cm³/mol. The lowest BCUT2D eigenvalue weighted by atomic mass is 9.70. The van der Waals surface area contributed by atoms with Crippen LogP contribution in [0.5, 0.6) is 0 Å². The Kier molecular flexibility index (Phi) is 4.38. The first-order valence-corrected chi connectivity index (χ1v) is 7.34. The SMILES string of the molecule is CO[C@H]1CC[C@]2(CC1)Cc1ccc(Br)cc1C2=N.Cl. The van der Waals surface area contributed by atoms with E-state index < -0.39 is 0 Å². The molecule has 0 heterocycles. The Bertz CT molecular complexity index is 495. The number of hydrogen-bond acceptors (Lipinski definition) is 2. The van der Waals surface area contributed by atoms with Gasteiger partial charge in [0.15, 0.2) is 0 Å². The Morgan fingerprint density at radius 1 is 1.32 bits per heavy atom. The molecule has 4 heteroatoms. The van der Waals surface area contributed by atoms with Gasteiger partial charge in [-0.2, -0.15) is 0 Å². The van der Waals surface area contributed by atoms with E-state index in [1.165, 1.54) is 5.56 Å². The minimum Gasteiger partial charge on any atom is -0.381 e. The topological polar surface area (TPSA) is 33.1 Å². The van der Waals surface area contributed by atoms with E-state index in [4.69, 9.17) is 10.1 Å². The fraction of sp³-hybridized carbons (Fsp3) is 0.533. The van der Waals surface area contributed by atoms with Gasteiger partial charge < -0.3 is 10.1 Å². The number of rotatable bonds is 1. The molecule has 2 nitrogen and oxygen atoms in total. The van der Waals surface area contributed by atoms with Gasteiger partial charge >= 0.3 is 0 Å². The van der Waals surface area contributed by atoms with E-state index in [-0.39, 0.29) is 17.8 Å². The van der Waals surface area contributed by atoms with Crippen molar-refractivity contribution < 1.29 is 4.74 Å². The van der Waals surface area contributed by atoms with Crippen molar-refractivity contribution in [2.24, 2.45) is 5.41 Å². The predicted octanol–water partition coefficient (Wildman–Crippen LogP) is 4.37. The zero-order valence-electron chi connectivity index (χ0n) is 11.0. The van der Waals surface area contributed by atoms with Crippen LogP contribution in [0.25, 0.3) is 0 Å². The lowest BCUT2D eigenvalue weighted by Crippen LogP contribution is -2.35. The molecule has 1 aromatic carbocycles. The molecular formula is C15H19BrClNO. The molecule has 0 amide bonds. The third-order valence-electron chi connectivity index (χ3n) is 4.62. The summed E-state index contributed by atoms with van der Waals surface area (Å²) in [4.78, 5) is 0. The number of ether oxygens (including phenoxy) is 1. The quantitative estimate of drug-likeness (QED) is 0.806. The molecule has 0 aromatic heterocycles. The molecular weight excluding hydrogens is 326 g/mol. The smallest absolute Gasteiger partial charge is 0.0572 e. The van der Waals surface area contributed by atoms with Crippen molar-refractivity contribution in [2.75, 3.05) is 7.11 Å². The van der Waals surface area contributed by atoms with Gasteiger partial charge in [0.05, 0.1) is 6.10 Å². The standard InChI is InChI=1S/C15H18BrNO.ClH/c1-18-12-4-6-15(7-5-12)9-10-2-3-11(16)8-13(10)14(15)17;/h2-3,8,12,17H,4-7,9H2,1H3;1H/t12-,15-;. The van der Waals surface area contributed by atoms with Crippen LogP contribution in [0.4, 0.5) is 0 Å². The summed E-state index contributed by atoms with van der Waals surface area (Å²) in [6.45, 7) is 0. The van der Waals surface area contributed by atoms with Gasteiger partial charge in [0.2, 0.25) is 0 Å². The van der Waals surface area contributed by atoms with Gasteiger partial charge in [0.1, 0.15) is 0 Å². The fourth-order valence-electron chi connectivity index (χ4n) is 3.48. The van der Waals surface area contributed by atoms with Crippen LogP contribution in [0.15, 0.2) is 22.7 Å². The number of fused-ring (bicyclic) bond motifs is 1. The Balaban J connectivity index is 0.00000133. The van der Waals surface area contributed by atoms with E-state index in [2.05, 4.69) is 34.1 Å². The number of nitrogens with one attached hydrogen (secondary N) is 1. The summed E-state index contributed by atoms with van der Waals surface area (Å²) in [5.74, 6) is 0. The second-order valence-electron chi connectivity index (χ2n) is 5.57. The number of benzene rings is 1. The molecule has 1 aromatic rings. The highest BCUT2D eigenvalue weighted by atomic mass is 79.9. The van der Waals surface area contributed by atoms with Crippen LogP contribution in [-0.4, -0.2) is 18.9 Å².